The van der Waals surface area contributed by atoms with Crippen molar-refractivity contribution in [3.8, 4) is 11.5 Å². The Balaban J connectivity index is 1.60. The normalized spacial score (nSPS) is 23.5. The molecule has 0 saturated carbocycles. The summed E-state index contributed by atoms with van der Waals surface area (Å²) in [5.74, 6) is 1.54. The minimum absolute atomic E-state index is 0.490. The molecule has 2 fully saturated rings. The monoisotopic (exact) mass is 320 g/mol. The molecule has 5 nitrogen and oxygen atoms in total. The fourth-order valence-electron chi connectivity index (χ4n) is 3.67. The van der Waals surface area contributed by atoms with Crippen molar-refractivity contribution in [2.75, 3.05) is 45.8 Å². The van der Waals surface area contributed by atoms with E-state index in [0.717, 1.165) is 36.9 Å². The van der Waals surface area contributed by atoms with E-state index in [1.54, 1.807) is 14.2 Å². The Hall–Kier alpha value is -1.46. The largest absolute Gasteiger partial charge is 0.493 e. The minimum atomic E-state index is 0.490. The summed E-state index contributed by atoms with van der Waals surface area (Å²) in [6.07, 6.45) is 4.81. The summed E-state index contributed by atoms with van der Waals surface area (Å²) >= 11 is 0. The van der Waals surface area contributed by atoms with Crippen LogP contribution in [-0.4, -0.2) is 57.5 Å². The number of anilines is 1. The van der Waals surface area contributed by atoms with Crippen molar-refractivity contribution in [2.24, 2.45) is 0 Å². The fraction of sp³-hybridized carbons (Fsp3) is 0.667. The van der Waals surface area contributed by atoms with Gasteiger partial charge in [-0.2, -0.15) is 0 Å². The third-order valence-corrected chi connectivity index (χ3v) is 4.91. The summed E-state index contributed by atoms with van der Waals surface area (Å²) in [5, 5.41) is 3.67. The molecule has 3 rings (SSSR count). The highest BCUT2D eigenvalue weighted by Crippen LogP contribution is 2.31. The number of nitrogens with zero attached hydrogens (tertiary/aromatic N) is 1. The first kappa shape index (κ1) is 16.4. The smallest absolute Gasteiger partial charge is 0.162 e. The number of methoxy groups -OCH3 is 2. The van der Waals surface area contributed by atoms with Crippen LogP contribution in [0.2, 0.25) is 0 Å². The van der Waals surface area contributed by atoms with Crippen molar-refractivity contribution in [2.45, 2.75) is 37.8 Å². The molecule has 2 saturated heterocycles. The van der Waals surface area contributed by atoms with Gasteiger partial charge >= 0.3 is 0 Å². The molecule has 2 aliphatic rings. The Morgan fingerprint density at radius 1 is 1.09 bits per heavy atom. The second-order valence-corrected chi connectivity index (χ2v) is 6.39. The van der Waals surface area contributed by atoms with Crippen LogP contribution in [0.15, 0.2) is 18.2 Å². The molecule has 1 aromatic rings. The number of nitrogens with one attached hydrogen (secondary N) is 1. The topological polar surface area (TPSA) is 43.0 Å². The molecule has 1 atom stereocenters. The van der Waals surface area contributed by atoms with Crippen molar-refractivity contribution in [3.05, 3.63) is 18.2 Å². The standard InChI is InChI=1S/C18H28N2O3/c1-21-17-6-5-14(12-18(17)22-2)19-15-4-3-9-20(13-15)16-7-10-23-11-8-16/h5-6,12,15-16,19H,3-4,7-11,13H2,1-2H3/t15-/m0/s1. The average Bonchev–Trinajstić information content (AvgIpc) is 2.62. The third-order valence-electron chi connectivity index (χ3n) is 4.91. The fourth-order valence-corrected chi connectivity index (χ4v) is 3.67. The minimum Gasteiger partial charge on any atom is -0.493 e. The number of ether oxygens (including phenoxy) is 3. The number of piperidine rings is 1. The first-order valence-corrected chi connectivity index (χ1v) is 8.60. The highest BCUT2D eigenvalue weighted by Gasteiger charge is 2.27. The van der Waals surface area contributed by atoms with Crippen LogP contribution in [0.5, 0.6) is 11.5 Å². The molecular formula is C18H28N2O3. The van der Waals surface area contributed by atoms with E-state index >= 15 is 0 Å². The predicted molar refractivity (Wildman–Crippen MR) is 91.6 cm³/mol. The Morgan fingerprint density at radius 2 is 1.87 bits per heavy atom. The van der Waals surface area contributed by atoms with Crippen LogP contribution < -0.4 is 14.8 Å². The first-order valence-electron chi connectivity index (χ1n) is 8.60. The van der Waals surface area contributed by atoms with E-state index in [1.807, 2.05) is 12.1 Å². The quantitative estimate of drug-likeness (QED) is 0.904. The van der Waals surface area contributed by atoms with E-state index in [-0.39, 0.29) is 0 Å². The zero-order chi connectivity index (χ0) is 16.1. The summed E-state index contributed by atoms with van der Waals surface area (Å²) in [4.78, 5) is 2.64. The summed E-state index contributed by atoms with van der Waals surface area (Å²) in [5.41, 5.74) is 1.10. The van der Waals surface area contributed by atoms with Gasteiger partial charge in [0, 0.05) is 43.6 Å². The van der Waals surface area contributed by atoms with E-state index in [2.05, 4.69) is 16.3 Å². The number of hydrogen-bond donors (Lipinski definition) is 1. The molecule has 1 aromatic carbocycles. The molecule has 128 valence electrons. The summed E-state index contributed by atoms with van der Waals surface area (Å²) < 4.78 is 16.2. The van der Waals surface area contributed by atoms with Gasteiger partial charge in [0.1, 0.15) is 0 Å². The number of hydrogen-bond acceptors (Lipinski definition) is 5. The maximum absolute atomic E-state index is 5.49. The Morgan fingerprint density at radius 3 is 2.61 bits per heavy atom. The lowest BCUT2D eigenvalue weighted by atomic mass is 9.99. The van der Waals surface area contributed by atoms with Gasteiger partial charge in [-0.05, 0) is 44.4 Å². The van der Waals surface area contributed by atoms with Crippen molar-refractivity contribution in [1.82, 2.24) is 4.90 Å². The molecule has 0 unspecified atom stereocenters. The molecule has 0 aliphatic carbocycles. The van der Waals surface area contributed by atoms with E-state index in [0.29, 0.717) is 12.1 Å². The number of benzene rings is 1. The summed E-state index contributed by atoms with van der Waals surface area (Å²) in [7, 11) is 3.34. The molecule has 0 aromatic heterocycles. The lowest BCUT2D eigenvalue weighted by Crippen LogP contribution is -2.48. The predicted octanol–water partition coefficient (Wildman–Crippen LogP) is 2.76. The maximum Gasteiger partial charge on any atom is 0.162 e. The van der Waals surface area contributed by atoms with Crippen LogP contribution in [0.1, 0.15) is 25.7 Å². The lowest BCUT2D eigenvalue weighted by molar-refractivity contribution is 0.0256. The van der Waals surface area contributed by atoms with Crippen LogP contribution in [0.3, 0.4) is 0 Å². The van der Waals surface area contributed by atoms with Gasteiger partial charge < -0.3 is 19.5 Å². The van der Waals surface area contributed by atoms with Crippen LogP contribution in [0.25, 0.3) is 0 Å². The summed E-state index contributed by atoms with van der Waals surface area (Å²) in [6, 6.07) is 7.23. The highest BCUT2D eigenvalue weighted by atomic mass is 16.5. The van der Waals surface area contributed by atoms with Crippen molar-refractivity contribution < 1.29 is 14.2 Å². The SMILES string of the molecule is COc1ccc(N[C@H]2CCCN(C3CCOCC3)C2)cc1OC. The van der Waals surface area contributed by atoms with Gasteiger partial charge in [0.2, 0.25) is 0 Å². The third kappa shape index (κ3) is 4.09. The van der Waals surface area contributed by atoms with Gasteiger partial charge in [0.05, 0.1) is 14.2 Å². The van der Waals surface area contributed by atoms with Gasteiger partial charge in [-0.3, -0.25) is 4.90 Å². The van der Waals surface area contributed by atoms with Gasteiger partial charge in [-0.15, -0.1) is 0 Å². The van der Waals surface area contributed by atoms with E-state index in [1.165, 1.54) is 32.2 Å². The lowest BCUT2D eigenvalue weighted by Gasteiger charge is -2.40. The molecular weight excluding hydrogens is 292 g/mol. The summed E-state index contributed by atoms with van der Waals surface area (Å²) in [6.45, 7) is 4.15. The van der Waals surface area contributed by atoms with Gasteiger partial charge in [-0.1, -0.05) is 0 Å². The van der Waals surface area contributed by atoms with Crippen LogP contribution in [0.4, 0.5) is 5.69 Å². The zero-order valence-corrected chi connectivity index (χ0v) is 14.2. The van der Waals surface area contributed by atoms with Crippen molar-refractivity contribution in [3.63, 3.8) is 0 Å². The van der Waals surface area contributed by atoms with Crippen LogP contribution in [-0.2, 0) is 4.74 Å². The molecule has 0 spiro atoms. The van der Waals surface area contributed by atoms with Crippen molar-refractivity contribution >= 4 is 5.69 Å². The second kappa shape index (κ2) is 7.88. The van der Waals surface area contributed by atoms with Gasteiger partial charge in [0.15, 0.2) is 11.5 Å². The highest BCUT2D eigenvalue weighted by molar-refractivity contribution is 5.55. The Labute approximate surface area is 138 Å². The molecule has 2 aliphatic heterocycles. The maximum atomic E-state index is 5.49. The van der Waals surface area contributed by atoms with Crippen LogP contribution in [0, 0.1) is 0 Å². The molecule has 0 radical (unpaired) electrons. The molecule has 2 heterocycles. The van der Waals surface area contributed by atoms with Crippen LogP contribution >= 0.6 is 0 Å². The Bertz CT molecular complexity index is 503. The van der Waals surface area contributed by atoms with E-state index in [4.69, 9.17) is 14.2 Å². The molecule has 0 bridgehead atoms. The van der Waals surface area contributed by atoms with Crippen molar-refractivity contribution in [1.29, 1.82) is 0 Å². The van der Waals surface area contributed by atoms with E-state index in [9.17, 15) is 0 Å². The average molecular weight is 320 g/mol. The zero-order valence-electron chi connectivity index (χ0n) is 14.2. The Kier molecular flexibility index (Phi) is 5.62. The first-order chi connectivity index (χ1) is 11.3. The molecule has 0 amide bonds. The molecule has 5 heteroatoms. The molecule has 23 heavy (non-hydrogen) atoms. The van der Waals surface area contributed by atoms with Gasteiger partial charge in [-0.25, -0.2) is 0 Å². The second-order valence-electron chi connectivity index (χ2n) is 6.39. The van der Waals surface area contributed by atoms with E-state index < -0.39 is 0 Å². The molecule has 1 N–H and O–H groups in total. The van der Waals surface area contributed by atoms with Gasteiger partial charge in [0.25, 0.3) is 0 Å². The number of rotatable bonds is 5. The number of likely N-dealkylation sites (tertiary alicyclic amines) is 1.